The van der Waals surface area contributed by atoms with Crippen LogP contribution in [-0.2, 0) is 0 Å². The van der Waals surface area contributed by atoms with Gasteiger partial charge in [0.25, 0.3) is 0 Å². The predicted molar refractivity (Wildman–Crippen MR) is 66.5 cm³/mol. The Morgan fingerprint density at radius 1 is 1.44 bits per heavy atom. The maximum atomic E-state index is 5.75. The van der Waals surface area contributed by atoms with Gasteiger partial charge in [-0.05, 0) is 18.1 Å². The third kappa shape index (κ3) is 2.02. The van der Waals surface area contributed by atoms with Gasteiger partial charge in [-0.2, -0.15) is 0 Å². The largest absolute Gasteiger partial charge is 0.367 e. The molecule has 1 atom stereocenters. The van der Waals surface area contributed by atoms with Crippen LogP contribution in [0.15, 0.2) is 30.6 Å². The number of nitrogens with zero attached hydrogens (tertiary/aromatic N) is 2. The van der Waals surface area contributed by atoms with Crippen molar-refractivity contribution < 1.29 is 0 Å². The molecule has 0 spiro atoms. The molecular formula is C12H18N4. The van der Waals surface area contributed by atoms with E-state index in [0.29, 0.717) is 12.5 Å². The van der Waals surface area contributed by atoms with E-state index >= 15 is 0 Å². The molecule has 4 heteroatoms. The molecule has 0 aliphatic rings. The van der Waals surface area contributed by atoms with Crippen molar-refractivity contribution in [3.05, 3.63) is 30.6 Å². The average Bonchev–Trinajstić information content (AvgIpc) is 2.73. The number of imidazole rings is 1. The summed E-state index contributed by atoms with van der Waals surface area (Å²) in [5.74, 6) is 1.54. The summed E-state index contributed by atoms with van der Waals surface area (Å²) >= 11 is 0. The smallest absolute Gasteiger partial charge is 0.138 e. The van der Waals surface area contributed by atoms with Crippen LogP contribution >= 0.6 is 0 Å². The molecule has 0 bridgehead atoms. The van der Waals surface area contributed by atoms with Gasteiger partial charge in [0.1, 0.15) is 11.5 Å². The van der Waals surface area contributed by atoms with Crippen molar-refractivity contribution in [2.45, 2.75) is 19.9 Å². The quantitative estimate of drug-likeness (QED) is 0.821. The number of rotatable bonds is 4. The van der Waals surface area contributed by atoms with Crippen LogP contribution in [0.25, 0.3) is 5.65 Å². The maximum absolute atomic E-state index is 5.75. The number of nitrogens with two attached hydrogens (primary N) is 1. The van der Waals surface area contributed by atoms with E-state index in [-0.39, 0.29) is 6.04 Å². The van der Waals surface area contributed by atoms with E-state index in [1.807, 2.05) is 28.8 Å². The second-order valence-electron chi connectivity index (χ2n) is 4.30. The summed E-state index contributed by atoms with van der Waals surface area (Å²) in [5.41, 5.74) is 6.70. The Balaban J connectivity index is 2.29. The first-order chi connectivity index (χ1) is 7.72. The van der Waals surface area contributed by atoms with Gasteiger partial charge in [-0.1, -0.05) is 19.9 Å². The molecule has 0 aliphatic heterocycles. The van der Waals surface area contributed by atoms with E-state index in [1.165, 1.54) is 0 Å². The zero-order chi connectivity index (χ0) is 11.5. The Morgan fingerprint density at radius 2 is 2.25 bits per heavy atom. The third-order valence-corrected chi connectivity index (χ3v) is 2.82. The number of pyridine rings is 1. The molecule has 1 unspecified atom stereocenters. The van der Waals surface area contributed by atoms with E-state index in [4.69, 9.17) is 5.73 Å². The Hall–Kier alpha value is -1.55. The highest BCUT2D eigenvalue weighted by Crippen LogP contribution is 2.14. The molecule has 86 valence electrons. The molecule has 0 aliphatic carbocycles. The molecule has 0 aromatic carbocycles. The number of aromatic nitrogens is 2. The number of hydrogen-bond acceptors (Lipinski definition) is 3. The van der Waals surface area contributed by atoms with E-state index in [9.17, 15) is 0 Å². The highest BCUT2D eigenvalue weighted by molar-refractivity contribution is 5.50. The Bertz CT molecular complexity index is 461. The molecule has 16 heavy (non-hydrogen) atoms. The molecule has 0 radical (unpaired) electrons. The van der Waals surface area contributed by atoms with Crippen LogP contribution in [0.1, 0.15) is 13.8 Å². The Kier molecular flexibility index (Phi) is 3.10. The number of hydrogen-bond donors (Lipinski definition) is 2. The van der Waals surface area contributed by atoms with E-state index in [2.05, 4.69) is 24.1 Å². The van der Waals surface area contributed by atoms with E-state index in [1.54, 1.807) is 6.20 Å². The standard InChI is InChI=1S/C12H18N4/c1-9(2)10(8-13)15-12-5-3-4-11-14-6-7-16(11)12/h3-7,9-10,15H,8,13H2,1-2H3. The van der Waals surface area contributed by atoms with Crippen LogP contribution in [-0.4, -0.2) is 22.0 Å². The fourth-order valence-corrected chi connectivity index (χ4v) is 1.75. The van der Waals surface area contributed by atoms with Gasteiger partial charge >= 0.3 is 0 Å². The lowest BCUT2D eigenvalue weighted by atomic mass is 10.1. The van der Waals surface area contributed by atoms with Gasteiger partial charge in [0, 0.05) is 25.0 Å². The number of nitrogens with one attached hydrogen (secondary N) is 1. The number of anilines is 1. The van der Waals surface area contributed by atoms with Crippen LogP contribution < -0.4 is 11.1 Å². The van der Waals surface area contributed by atoms with Gasteiger partial charge < -0.3 is 11.1 Å². The van der Waals surface area contributed by atoms with E-state index < -0.39 is 0 Å². The predicted octanol–water partition coefficient (Wildman–Crippen LogP) is 1.73. The summed E-state index contributed by atoms with van der Waals surface area (Å²) in [5, 5.41) is 3.46. The van der Waals surface area contributed by atoms with Crippen molar-refractivity contribution in [1.82, 2.24) is 9.38 Å². The summed E-state index contributed by atoms with van der Waals surface area (Å²) in [6, 6.07) is 6.31. The molecule has 0 saturated heterocycles. The fraction of sp³-hybridized carbons (Fsp3) is 0.417. The fourth-order valence-electron chi connectivity index (χ4n) is 1.75. The molecular weight excluding hydrogens is 200 g/mol. The van der Waals surface area contributed by atoms with Crippen LogP contribution in [0.2, 0.25) is 0 Å². The molecule has 3 N–H and O–H groups in total. The molecule has 2 aromatic heterocycles. The van der Waals surface area contributed by atoms with Gasteiger partial charge in [-0.25, -0.2) is 4.98 Å². The van der Waals surface area contributed by atoms with Crippen molar-refractivity contribution in [3.63, 3.8) is 0 Å². The lowest BCUT2D eigenvalue weighted by molar-refractivity contribution is 0.529. The second kappa shape index (κ2) is 4.53. The number of fused-ring (bicyclic) bond motifs is 1. The van der Waals surface area contributed by atoms with Crippen LogP contribution in [0, 0.1) is 5.92 Å². The van der Waals surface area contributed by atoms with Crippen molar-refractivity contribution in [2.24, 2.45) is 11.7 Å². The molecule has 2 rings (SSSR count). The van der Waals surface area contributed by atoms with Crippen molar-refractivity contribution in [3.8, 4) is 0 Å². The first kappa shape index (κ1) is 11.0. The van der Waals surface area contributed by atoms with Crippen molar-refractivity contribution in [1.29, 1.82) is 0 Å². The monoisotopic (exact) mass is 218 g/mol. The summed E-state index contributed by atoms with van der Waals surface area (Å²) in [4.78, 5) is 4.25. The van der Waals surface area contributed by atoms with Crippen LogP contribution in [0.3, 0.4) is 0 Å². The normalized spacial score (nSPS) is 13.2. The topological polar surface area (TPSA) is 55.3 Å². The first-order valence-corrected chi connectivity index (χ1v) is 5.61. The molecule has 2 aromatic rings. The lowest BCUT2D eigenvalue weighted by Crippen LogP contribution is -2.34. The highest BCUT2D eigenvalue weighted by atomic mass is 15.1. The minimum absolute atomic E-state index is 0.285. The molecule has 0 amide bonds. The highest BCUT2D eigenvalue weighted by Gasteiger charge is 2.12. The van der Waals surface area contributed by atoms with Gasteiger partial charge in [-0.15, -0.1) is 0 Å². The second-order valence-corrected chi connectivity index (χ2v) is 4.30. The summed E-state index contributed by atoms with van der Waals surface area (Å²) in [6.45, 7) is 4.96. The summed E-state index contributed by atoms with van der Waals surface area (Å²) in [6.07, 6.45) is 3.75. The SMILES string of the molecule is CC(C)C(CN)Nc1cccc2nccn12. The summed E-state index contributed by atoms with van der Waals surface area (Å²) < 4.78 is 2.03. The van der Waals surface area contributed by atoms with Crippen LogP contribution in [0.4, 0.5) is 5.82 Å². The maximum Gasteiger partial charge on any atom is 0.138 e. The molecule has 0 fully saturated rings. The van der Waals surface area contributed by atoms with Crippen LogP contribution in [0.5, 0.6) is 0 Å². The third-order valence-electron chi connectivity index (χ3n) is 2.82. The van der Waals surface area contributed by atoms with Crippen molar-refractivity contribution in [2.75, 3.05) is 11.9 Å². The van der Waals surface area contributed by atoms with Gasteiger partial charge in [0.15, 0.2) is 0 Å². The van der Waals surface area contributed by atoms with Gasteiger partial charge in [-0.3, -0.25) is 4.40 Å². The van der Waals surface area contributed by atoms with E-state index in [0.717, 1.165) is 11.5 Å². The van der Waals surface area contributed by atoms with Crippen molar-refractivity contribution >= 4 is 11.5 Å². The summed E-state index contributed by atoms with van der Waals surface area (Å²) in [7, 11) is 0. The first-order valence-electron chi connectivity index (χ1n) is 5.61. The zero-order valence-corrected chi connectivity index (χ0v) is 9.72. The average molecular weight is 218 g/mol. The Labute approximate surface area is 95.5 Å². The zero-order valence-electron chi connectivity index (χ0n) is 9.72. The molecule has 2 heterocycles. The van der Waals surface area contributed by atoms with Gasteiger partial charge in [0.05, 0.1) is 0 Å². The van der Waals surface area contributed by atoms with Gasteiger partial charge in [0.2, 0.25) is 0 Å². The Morgan fingerprint density at radius 3 is 2.94 bits per heavy atom. The minimum Gasteiger partial charge on any atom is -0.367 e. The lowest BCUT2D eigenvalue weighted by Gasteiger charge is -2.22. The molecule has 0 saturated carbocycles. The molecule has 4 nitrogen and oxygen atoms in total. The minimum atomic E-state index is 0.285.